The quantitative estimate of drug-likeness (QED) is 0.669. The Hall–Kier alpha value is -2.73. The summed E-state index contributed by atoms with van der Waals surface area (Å²) in [5.41, 5.74) is 4.11. The first-order valence-electron chi connectivity index (χ1n) is 7.77. The first-order valence-corrected chi connectivity index (χ1v) is 8.56. The molecule has 0 aliphatic carbocycles. The number of anilines is 2. The van der Waals surface area contributed by atoms with E-state index in [2.05, 4.69) is 36.5 Å². The summed E-state index contributed by atoms with van der Waals surface area (Å²) < 4.78 is 0.978. The molecule has 2 N–H and O–H groups in total. The molecule has 2 aromatic heterocycles. The van der Waals surface area contributed by atoms with Gasteiger partial charge in [0.15, 0.2) is 0 Å². The molecule has 0 saturated heterocycles. The highest BCUT2D eigenvalue weighted by Crippen LogP contribution is 2.21. The molecule has 0 aliphatic rings. The lowest BCUT2D eigenvalue weighted by atomic mass is 10.2. The Kier molecular flexibility index (Phi) is 5.40. The average Bonchev–Trinajstić information content (AvgIpc) is 2.63. The van der Waals surface area contributed by atoms with E-state index in [4.69, 9.17) is 0 Å². The van der Waals surface area contributed by atoms with Crippen molar-refractivity contribution in [2.24, 2.45) is 0 Å². The van der Waals surface area contributed by atoms with E-state index in [0.717, 1.165) is 27.0 Å². The maximum Gasteiger partial charge on any atom is 0.257 e. The SMILES string of the molecule is Cc1cc(Br)ccc1NC(=O)c1cncc(NCc2cccnc2)c1. The van der Waals surface area contributed by atoms with E-state index in [1.807, 2.05) is 37.3 Å². The largest absolute Gasteiger partial charge is 0.380 e. The minimum Gasteiger partial charge on any atom is -0.380 e. The zero-order chi connectivity index (χ0) is 17.6. The van der Waals surface area contributed by atoms with Gasteiger partial charge in [-0.2, -0.15) is 0 Å². The van der Waals surface area contributed by atoms with Crippen molar-refractivity contribution in [1.29, 1.82) is 0 Å². The second kappa shape index (κ2) is 7.90. The molecule has 0 aliphatic heterocycles. The van der Waals surface area contributed by atoms with Crippen molar-refractivity contribution in [3.05, 3.63) is 82.3 Å². The van der Waals surface area contributed by atoms with Crippen LogP contribution in [0.4, 0.5) is 11.4 Å². The standard InChI is InChI=1S/C19H17BrN4O/c1-13-7-16(20)4-5-18(13)24-19(25)15-8-17(12-22-11-15)23-10-14-3-2-6-21-9-14/h2-9,11-12,23H,10H2,1H3,(H,24,25). The number of carbonyl (C=O) groups is 1. The molecule has 0 saturated carbocycles. The lowest BCUT2D eigenvalue weighted by Crippen LogP contribution is -2.13. The van der Waals surface area contributed by atoms with Crippen LogP contribution in [0.3, 0.4) is 0 Å². The molecule has 126 valence electrons. The minimum atomic E-state index is -0.192. The lowest BCUT2D eigenvalue weighted by Gasteiger charge is -2.10. The Morgan fingerprint density at radius 2 is 2.00 bits per heavy atom. The highest BCUT2D eigenvalue weighted by molar-refractivity contribution is 9.10. The maximum absolute atomic E-state index is 12.5. The second-order valence-corrected chi connectivity index (χ2v) is 6.51. The van der Waals surface area contributed by atoms with Crippen LogP contribution in [0.15, 0.2) is 65.7 Å². The summed E-state index contributed by atoms with van der Waals surface area (Å²) in [5, 5.41) is 6.17. The van der Waals surface area contributed by atoms with Crippen molar-refractivity contribution in [2.75, 3.05) is 10.6 Å². The third kappa shape index (κ3) is 4.64. The highest BCUT2D eigenvalue weighted by Gasteiger charge is 2.09. The van der Waals surface area contributed by atoms with E-state index >= 15 is 0 Å². The van der Waals surface area contributed by atoms with E-state index in [1.165, 1.54) is 0 Å². The first-order chi connectivity index (χ1) is 12.1. The fourth-order valence-corrected chi connectivity index (χ4v) is 2.80. The number of rotatable bonds is 5. The number of aromatic nitrogens is 2. The van der Waals surface area contributed by atoms with Gasteiger partial charge in [0.05, 0.1) is 11.3 Å². The minimum absolute atomic E-state index is 0.192. The summed E-state index contributed by atoms with van der Waals surface area (Å²) in [5.74, 6) is -0.192. The number of nitrogens with one attached hydrogen (secondary N) is 2. The molecule has 2 heterocycles. The summed E-state index contributed by atoms with van der Waals surface area (Å²) in [7, 11) is 0. The Morgan fingerprint density at radius 3 is 2.76 bits per heavy atom. The Bertz CT molecular complexity index is 884. The summed E-state index contributed by atoms with van der Waals surface area (Å²) >= 11 is 3.42. The Morgan fingerprint density at radius 1 is 1.12 bits per heavy atom. The first kappa shape index (κ1) is 17.1. The van der Waals surface area contributed by atoms with Crippen molar-refractivity contribution >= 4 is 33.2 Å². The number of amides is 1. The summed E-state index contributed by atoms with van der Waals surface area (Å²) in [6.45, 7) is 2.57. The third-order valence-electron chi connectivity index (χ3n) is 3.66. The average molecular weight is 397 g/mol. The van der Waals surface area contributed by atoms with Crippen molar-refractivity contribution in [3.63, 3.8) is 0 Å². The van der Waals surface area contributed by atoms with Gasteiger partial charge < -0.3 is 10.6 Å². The van der Waals surface area contributed by atoms with E-state index in [9.17, 15) is 4.79 Å². The molecule has 0 bridgehead atoms. The molecule has 0 fully saturated rings. The van der Waals surface area contributed by atoms with Crippen LogP contribution in [0.25, 0.3) is 0 Å². The number of halogens is 1. The molecular formula is C19H17BrN4O. The van der Waals surface area contributed by atoms with E-state index in [1.54, 1.807) is 30.9 Å². The zero-order valence-corrected chi connectivity index (χ0v) is 15.2. The topological polar surface area (TPSA) is 66.9 Å². The van der Waals surface area contributed by atoms with Gasteiger partial charge in [-0.25, -0.2) is 0 Å². The fraction of sp³-hybridized carbons (Fsp3) is 0.105. The molecule has 0 atom stereocenters. The van der Waals surface area contributed by atoms with Crippen molar-refractivity contribution < 1.29 is 4.79 Å². The number of hydrogen-bond acceptors (Lipinski definition) is 4. The molecule has 1 amide bonds. The van der Waals surface area contributed by atoms with Gasteiger partial charge in [0.1, 0.15) is 0 Å². The van der Waals surface area contributed by atoms with Crippen molar-refractivity contribution in [2.45, 2.75) is 13.5 Å². The van der Waals surface area contributed by atoms with Crippen LogP contribution >= 0.6 is 15.9 Å². The second-order valence-electron chi connectivity index (χ2n) is 5.59. The molecule has 5 nitrogen and oxygen atoms in total. The van der Waals surface area contributed by atoms with Crippen LogP contribution in [0, 0.1) is 6.92 Å². The van der Waals surface area contributed by atoms with Gasteiger partial charge in [-0.05, 0) is 48.4 Å². The van der Waals surface area contributed by atoms with Crippen LogP contribution in [-0.4, -0.2) is 15.9 Å². The third-order valence-corrected chi connectivity index (χ3v) is 4.15. The van der Waals surface area contributed by atoms with Gasteiger partial charge in [0, 0.05) is 41.5 Å². The number of hydrogen-bond donors (Lipinski definition) is 2. The highest BCUT2D eigenvalue weighted by atomic mass is 79.9. The fourth-order valence-electron chi connectivity index (χ4n) is 2.33. The number of aryl methyl sites for hydroxylation is 1. The zero-order valence-electron chi connectivity index (χ0n) is 13.7. The molecule has 0 spiro atoms. The van der Waals surface area contributed by atoms with Gasteiger partial charge in [0.2, 0.25) is 0 Å². The number of benzene rings is 1. The monoisotopic (exact) mass is 396 g/mol. The molecule has 1 aromatic carbocycles. The van der Waals surface area contributed by atoms with Crippen molar-refractivity contribution in [3.8, 4) is 0 Å². The normalized spacial score (nSPS) is 10.3. The summed E-state index contributed by atoms with van der Waals surface area (Å²) in [6.07, 6.45) is 6.78. The van der Waals surface area contributed by atoms with Gasteiger partial charge in [-0.3, -0.25) is 14.8 Å². The van der Waals surface area contributed by atoms with Gasteiger partial charge >= 0.3 is 0 Å². The predicted molar refractivity (Wildman–Crippen MR) is 103 cm³/mol. The predicted octanol–water partition coefficient (Wildman–Crippen LogP) is 4.41. The van der Waals surface area contributed by atoms with E-state index in [-0.39, 0.29) is 5.91 Å². The molecule has 0 radical (unpaired) electrons. The van der Waals surface area contributed by atoms with Crippen LogP contribution < -0.4 is 10.6 Å². The van der Waals surface area contributed by atoms with Crippen LogP contribution in [0.2, 0.25) is 0 Å². The van der Waals surface area contributed by atoms with Crippen molar-refractivity contribution in [1.82, 2.24) is 9.97 Å². The number of nitrogens with zero attached hydrogens (tertiary/aromatic N) is 2. The molecule has 6 heteroatoms. The van der Waals surface area contributed by atoms with Crippen LogP contribution in [0.5, 0.6) is 0 Å². The molecular weight excluding hydrogens is 380 g/mol. The smallest absolute Gasteiger partial charge is 0.257 e. The Balaban J connectivity index is 1.69. The summed E-state index contributed by atoms with van der Waals surface area (Å²) in [4.78, 5) is 20.7. The number of carbonyl (C=O) groups excluding carboxylic acids is 1. The Labute approximate surface area is 154 Å². The van der Waals surface area contributed by atoms with Crippen LogP contribution in [-0.2, 0) is 6.54 Å². The van der Waals surface area contributed by atoms with E-state index in [0.29, 0.717) is 12.1 Å². The summed E-state index contributed by atoms with van der Waals surface area (Å²) in [6, 6.07) is 11.4. The maximum atomic E-state index is 12.5. The lowest BCUT2D eigenvalue weighted by molar-refractivity contribution is 0.102. The van der Waals surface area contributed by atoms with Crippen LogP contribution in [0.1, 0.15) is 21.5 Å². The van der Waals surface area contributed by atoms with Gasteiger partial charge in [-0.1, -0.05) is 22.0 Å². The molecule has 0 unspecified atom stereocenters. The van der Waals surface area contributed by atoms with Gasteiger partial charge in [-0.15, -0.1) is 0 Å². The van der Waals surface area contributed by atoms with Gasteiger partial charge in [0.25, 0.3) is 5.91 Å². The number of pyridine rings is 2. The molecule has 3 rings (SSSR count). The molecule has 25 heavy (non-hydrogen) atoms. The van der Waals surface area contributed by atoms with E-state index < -0.39 is 0 Å². The molecule has 3 aromatic rings.